The Labute approximate surface area is 50.4 Å². The summed E-state index contributed by atoms with van der Waals surface area (Å²) in [6, 6.07) is 0. The van der Waals surface area contributed by atoms with E-state index in [4.69, 9.17) is 0 Å². The van der Waals surface area contributed by atoms with Gasteiger partial charge in [-0.15, -0.1) is 5.73 Å². The smallest absolute Gasteiger partial charge is 0.0135 e. The van der Waals surface area contributed by atoms with Gasteiger partial charge in [0.2, 0.25) is 0 Å². The lowest BCUT2D eigenvalue weighted by Crippen LogP contribution is -2.03. The van der Waals surface area contributed by atoms with Gasteiger partial charge in [-0.1, -0.05) is 18.7 Å². The van der Waals surface area contributed by atoms with Crippen LogP contribution in [0.2, 0.25) is 0 Å². The van der Waals surface area contributed by atoms with Crippen LogP contribution >= 0.6 is 0 Å². The monoisotopic (exact) mass is 109 g/mol. The molecule has 0 saturated carbocycles. The fourth-order valence-electron chi connectivity index (χ4n) is 0.322. The zero-order chi connectivity index (χ0) is 6.24. The predicted octanol–water partition coefficient (Wildman–Crippen LogP) is 1.10. The quantitative estimate of drug-likeness (QED) is 0.423. The molecule has 0 aromatic rings. The van der Waals surface area contributed by atoms with Gasteiger partial charge in [0.25, 0.3) is 0 Å². The molecule has 0 unspecified atom stereocenters. The van der Waals surface area contributed by atoms with Crippen LogP contribution in [0, 0.1) is 0 Å². The van der Waals surface area contributed by atoms with E-state index in [0.717, 1.165) is 6.54 Å². The molecule has 1 heteroatoms. The van der Waals surface area contributed by atoms with Gasteiger partial charge < -0.3 is 5.32 Å². The zero-order valence-electron chi connectivity index (χ0n) is 5.15. The zero-order valence-corrected chi connectivity index (χ0v) is 5.15. The molecule has 0 aliphatic carbocycles. The summed E-state index contributed by atoms with van der Waals surface area (Å²) in [6.45, 7) is 4.31. The second kappa shape index (κ2) is 6.22. The first-order valence-corrected chi connectivity index (χ1v) is 2.57. The molecule has 0 aliphatic heterocycles. The van der Waals surface area contributed by atoms with E-state index in [0.29, 0.717) is 0 Å². The maximum Gasteiger partial charge on any atom is 0.0135 e. The standard InChI is InChI=1S/C7H11N/c1-3-4-5-6-7-8-2/h4-6,8H,1,7H2,2H3/b6-5+. The molecule has 0 aromatic carbocycles. The third kappa shape index (κ3) is 5.22. The average molecular weight is 109 g/mol. The molecule has 0 spiro atoms. The topological polar surface area (TPSA) is 12.0 Å². The number of likely N-dealkylation sites (N-methyl/N-ethyl adjacent to an activating group) is 1. The van der Waals surface area contributed by atoms with E-state index in [1.807, 2.05) is 19.2 Å². The maximum atomic E-state index is 3.41. The van der Waals surface area contributed by atoms with Crippen LogP contribution in [0.3, 0.4) is 0 Å². The molecule has 0 atom stereocenters. The molecule has 44 valence electrons. The summed E-state index contributed by atoms with van der Waals surface area (Å²) in [4.78, 5) is 0. The lowest BCUT2D eigenvalue weighted by atomic mass is 10.5. The highest BCUT2D eigenvalue weighted by Crippen LogP contribution is 1.69. The van der Waals surface area contributed by atoms with Crippen molar-refractivity contribution in [2.45, 2.75) is 0 Å². The molecule has 8 heavy (non-hydrogen) atoms. The molecule has 0 bridgehead atoms. The summed E-state index contributed by atoms with van der Waals surface area (Å²) in [5, 5.41) is 2.97. The van der Waals surface area contributed by atoms with Crippen LogP contribution in [0.4, 0.5) is 0 Å². The van der Waals surface area contributed by atoms with Crippen LogP contribution in [0.15, 0.2) is 30.5 Å². The van der Waals surface area contributed by atoms with E-state index in [9.17, 15) is 0 Å². The van der Waals surface area contributed by atoms with Gasteiger partial charge in [-0.3, -0.25) is 0 Å². The highest BCUT2D eigenvalue weighted by molar-refractivity contribution is 5.00. The minimum atomic E-state index is 0.901. The van der Waals surface area contributed by atoms with Crippen molar-refractivity contribution in [1.82, 2.24) is 5.32 Å². The largest absolute Gasteiger partial charge is 0.316 e. The molecule has 0 saturated heterocycles. The molecule has 0 rings (SSSR count). The van der Waals surface area contributed by atoms with Crippen LogP contribution < -0.4 is 5.32 Å². The molecule has 0 aromatic heterocycles. The molecule has 0 aliphatic rings. The predicted molar refractivity (Wildman–Crippen MR) is 36.8 cm³/mol. The van der Waals surface area contributed by atoms with Gasteiger partial charge in [0.1, 0.15) is 0 Å². The van der Waals surface area contributed by atoms with Crippen molar-refractivity contribution in [2.24, 2.45) is 0 Å². The average Bonchev–Trinajstić information content (AvgIpc) is 1.81. The molecule has 1 nitrogen and oxygen atoms in total. The third-order valence-electron chi connectivity index (χ3n) is 0.672. The van der Waals surface area contributed by atoms with Gasteiger partial charge in [-0.25, -0.2) is 0 Å². The van der Waals surface area contributed by atoms with E-state index >= 15 is 0 Å². The minimum absolute atomic E-state index is 0.901. The Kier molecular flexibility index (Phi) is 5.61. The minimum Gasteiger partial charge on any atom is -0.316 e. The van der Waals surface area contributed by atoms with Crippen molar-refractivity contribution < 1.29 is 0 Å². The Bertz CT molecular complexity index is 108. The van der Waals surface area contributed by atoms with Crippen molar-refractivity contribution >= 4 is 0 Å². The van der Waals surface area contributed by atoms with Crippen molar-refractivity contribution in [3.63, 3.8) is 0 Å². The molecule has 1 N–H and O–H groups in total. The van der Waals surface area contributed by atoms with Crippen LogP contribution in [0.25, 0.3) is 0 Å². The summed E-state index contributed by atoms with van der Waals surface area (Å²) in [7, 11) is 1.90. The van der Waals surface area contributed by atoms with Crippen molar-refractivity contribution in [1.29, 1.82) is 0 Å². The Morgan fingerprint density at radius 1 is 1.75 bits per heavy atom. The Morgan fingerprint density at radius 2 is 2.50 bits per heavy atom. The summed E-state index contributed by atoms with van der Waals surface area (Å²) in [6.07, 6.45) is 5.68. The molecular formula is C7H11N. The number of rotatable bonds is 3. The lowest BCUT2D eigenvalue weighted by molar-refractivity contribution is 0.920. The van der Waals surface area contributed by atoms with Gasteiger partial charge in [0, 0.05) is 6.54 Å². The molecular weight excluding hydrogens is 98.1 g/mol. The van der Waals surface area contributed by atoms with Gasteiger partial charge in [0.05, 0.1) is 0 Å². The normalized spacial score (nSPS) is 9.12. The van der Waals surface area contributed by atoms with Crippen LogP contribution in [0.1, 0.15) is 0 Å². The molecule has 0 amide bonds. The van der Waals surface area contributed by atoms with Crippen LogP contribution in [0.5, 0.6) is 0 Å². The van der Waals surface area contributed by atoms with Crippen molar-refractivity contribution in [2.75, 3.05) is 13.6 Å². The number of nitrogens with one attached hydrogen (secondary N) is 1. The highest BCUT2D eigenvalue weighted by atomic mass is 14.8. The Balaban J connectivity index is 3.20. The van der Waals surface area contributed by atoms with Gasteiger partial charge in [0.15, 0.2) is 0 Å². The number of allylic oxidation sites excluding steroid dienone is 2. The Morgan fingerprint density at radius 3 is 3.00 bits per heavy atom. The van der Waals surface area contributed by atoms with Crippen LogP contribution in [-0.2, 0) is 0 Å². The Hall–Kier alpha value is -0.780. The van der Waals surface area contributed by atoms with E-state index in [1.165, 1.54) is 0 Å². The van der Waals surface area contributed by atoms with E-state index in [-0.39, 0.29) is 0 Å². The fraction of sp³-hybridized carbons (Fsp3) is 0.286. The van der Waals surface area contributed by atoms with E-state index in [2.05, 4.69) is 17.6 Å². The van der Waals surface area contributed by atoms with E-state index in [1.54, 1.807) is 6.08 Å². The summed E-state index contributed by atoms with van der Waals surface area (Å²) in [5.41, 5.74) is 2.64. The third-order valence-corrected chi connectivity index (χ3v) is 0.672. The second-order valence-corrected chi connectivity index (χ2v) is 1.36. The summed E-state index contributed by atoms with van der Waals surface area (Å²) in [5.74, 6) is 0. The van der Waals surface area contributed by atoms with Gasteiger partial charge in [-0.05, 0) is 13.1 Å². The first-order valence-electron chi connectivity index (χ1n) is 2.57. The molecule has 0 fully saturated rings. The first kappa shape index (κ1) is 7.22. The number of hydrogen-bond donors (Lipinski definition) is 1. The van der Waals surface area contributed by atoms with Crippen LogP contribution in [-0.4, -0.2) is 13.6 Å². The summed E-state index contributed by atoms with van der Waals surface area (Å²) < 4.78 is 0. The lowest BCUT2D eigenvalue weighted by Gasteiger charge is -1.82. The molecule has 0 heterocycles. The second-order valence-electron chi connectivity index (χ2n) is 1.36. The molecule has 0 radical (unpaired) electrons. The summed E-state index contributed by atoms with van der Waals surface area (Å²) >= 11 is 0. The van der Waals surface area contributed by atoms with E-state index < -0.39 is 0 Å². The van der Waals surface area contributed by atoms with Gasteiger partial charge in [-0.2, -0.15) is 0 Å². The van der Waals surface area contributed by atoms with Gasteiger partial charge >= 0.3 is 0 Å². The fourth-order valence-corrected chi connectivity index (χ4v) is 0.322. The van der Waals surface area contributed by atoms with Crippen molar-refractivity contribution in [3.8, 4) is 0 Å². The first-order chi connectivity index (χ1) is 3.91. The number of hydrogen-bond acceptors (Lipinski definition) is 1. The maximum absolute atomic E-state index is 3.41. The highest BCUT2D eigenvalue weighted by Gasteiger charge is 1.63. The van der Waals surface area contributed by atoms with Crippen molar-refractivity contribution in [3.05, 3.63) is 30.5 Å². The SMILES string of the molecule is C=C=C/C=C/CNC.